The molecule has 0 radical (unpaired) electrons. The lowest BCUT2D eigenvalue weighted by molar-refractivity contribution is 0.412. The molecule has 1 nitrogen and oxygen atoms in total. The summed E-state index contributed by atoms with van der Waals surface area (Å²) in [5, 5.41) is 1.23. The number of hydrogen-bond donors (Lipinski definition) is 0. The molecule has 0 atom stereocenters. The van der Waals surface area contributed by atoms with E-state index in [1.807, 2.05) is 0 Å². The van der Waals surface area contributed by atoms with Crippen LogP contribution in [0.4, 0.5) is 0 Å². The van der Waals surface area contributed by atoms with Crippen molar-refractivity contribution >= 4 is 59.9 Å². The lowest BCUT2D eigenvalue weighted by atomic mass is 10.2. The van der Waals surface area contributed by atoms with Gasteiger partial charge in [-0.05, 0) is 62.1 Å². The van der Waals surface area contributed by atoms with Gasteiger partial charge in [0.25, 0.3) is 0 Å². The van der Waals surface area contributed by atoms with Gasteiger partial charge < -0.3 is 4.74 Å². The number of methoxy groups -OCH3 is 1. The summed E-state index contributed by atoms with van der Waals surface area (Å²) in [6, 6.07) is 6.32. The molecule has 0 N–H and O–H groups in total. The fraction of sp³-hybridized carbons (Fsp3) is 0.111. The molecule has 1 heterocycles. The molecule has 1 aromatic heterocycles. The number of halogens is 2. The van der Waals surface area contributed by atoms with Gasteiger partial charge in [0.15, 0.2) is 0 Å². The van der Waals surface area contributed by atoms with Gasteiger partial charge in [0.1, 0.15) is 5.75 Å². The highest BCUT2D eigenvalue weighted by Gasteiger charge is 2.05. The lowest BCUT2D eigenvalue weighted by Crippen LogP contribution is -1.85. The number of fused-ring (bicyclic) bond motifs is 1. The van der Waals surface area contributed by atoms with E-state index in [0.29, 0.717) is 0 Å². The first-order chi connectivity index (χ1) is 6.20. The molecule has 0 aliphatic heterocycles. The van der Waals surface area contributed by atoms with Crippen LogP contribution >= 0.6 is 49.9 Å². The highest BCUT2D eigenvalue weighted by atomic mass is 127. The molecule has 0 saturated carbocycles. The zero-order chi connectivity index (χ0) is 9.42. The minimum atomic E-state index is 0.943. The van der Waals surface area contributed by atoms with Gasteiger partial charge in [-0.15, -0.1) is 11.3 Å². The van der Waals surface area contributed by atoms with Gasteiger partial charge in [-0.25, -0.2) is 0 Å². The second-order valence-corrected chi connectivity index (χ2v) is 6.20. The van der Waals surface area contributed by atoms with Gasteiger partial charge in [0, 0.05) is 4.70 Å². The third-order valence-electron chi connectivity index (χ3n) is 1.76. The van der Waals surface area contributed by atoms with Gasteiger partial charge >= 0.3 is 0 Å². The van der Waals surface area contributed by atoms with Crippen LogP contribution in [0, 0.1) is 3.57 Å². The SMILES string of the molecule is COc1cc2cc(Br)sc2cc1I. The van der Waals surface area contributed by atoms with E-state index in [1.54, 1.807) is 18.4 Å². The standard InChI is InChI=1S/C9H6BrIOS/c1-12-7-2-5-3-9(10)13-8(5)4-6(7)11/h2-4H,1H3. The highest BCUT2D eigenvalue weighted by molar-refractivity contribution is 14.1. The molecular formula is C9H6BrIOS. The summed E-state index contributed by atoms with van der Waals surface area (Å²) in [6.07, 6.45) is 0. The smallest absolute Gasteiger partial charge is 0.132 e. The molecule has 0 unspecified atom stereocenters. The molecule has 2 aromatic rings. The summed E-state index contributed by atoms with van der Waals surface area (Å²) >= 11 is 7.50. The van der Waals surface area contributed by atoms with E-state index in [9.17, 15) is 0 Å². The van der Waals surface area contributed by atoms with Gasteiger partial charge in [-0.3, -0.25) is 0 Å². The number of hydrogen-bond acceptors (Lipinski definition) is 2. The van der Waals surface area contributed by atoms with Crippen molar-refractivity contribution in [1.29, 1.82) is 0 Å². The zero-order valence-corrected chi connectivity index (χ0v) is 11.4. The molecule has 1 aromatic carbocycles. The molecule has 2 rings (SSSR count). The van der Waals surface area contributed by atoms with E-state index in [-0.39, 0.29) is 0 Å². The maximum atomic E-state index is 5.24. The molecule has 0 spiro atoms. The molecule has 0 bridgehead atoms. The fourth-order valence-electron chi connectivity index (χ4n) is 1.17. The molecule has 0 saturated heterocycles. The minimum Gasteiger partial charge on any atom is -0.496 e. The topological polar surface area (TPSA) is 9.23 Å². The molecule has 0 aliphatic rings. The summed E-state index contributed by atoms with van der Waals surface area (Å²) in [5.74, 6) is 0.943. The Morgan fingerprint density at radius 3 is 2.85 bits per heavy atom. The van der Waals surface area contributed by atoms with Gasteiger partial charge in [0.2, 0.25) is 0 Å². The van der Waals surface area contributed by atoms with Crippen LogP contribution < -0.4 is 4.74 Å². The molecular weight excluding hydrogens is 363 g/mol. The first kappa shape index (κ1) is 9.73. The quantitative estimate of drug-likeness (QED) is 0.683. The summed E-state index contributed by atoms with van der Waals surface area (Å²) < 4.78 is 8.85. The third-order valence-corrected chi connectivity index (χ3v) is 4.20. The van der Waals surface area contributed by atoms with Gasteiger partial charge in [0.05, 0.1) is 14.5 Å². The van der Waals surface area contributed by atoms with E-state index >= 15 is 0 Å². The first-order valence-corrected chi connectivity index (χ1v) is 6.32. The second-order valence-electron chi connectivity index (χ2n) is 2.58. The minimum absolute atomic E-state index is 0.943. The van der Waals surface area contributed by atoms with Gasteiger partial charge in [-0.2, -0.15) is 0 Å². The Morgan fingerprint density at radius 2 is 2.15 bits per heavy atom. The van der Waals surface area contributed by atoms with Crippen LogP contribution in [0.25, 0.3) is 10.1 Å². The van der Waals surface area contributed by atoms with Crippen molar-refractivity contribution in [3.05, 3.63) is 25.6 Å². The summed E-state index contributed by atoms with van der Waals surface area (Å²) in [6.45, 7) is 0. The average Bonchev–Trinajstić information content (AvgIpc) is 2.42. The monoisotopic (exact) mass is 368 g/mol. The van der Waals surface area contributed by atoms with Crippen LogP contribution in [0.5, 0.6) is 5.75 Å². The van der Waals surface area contributed by atoms with Crippen LogP contribution in [0.1, 0.15) is 0 Å². The van der Waals surface area contributed by atoms with Crippen LogP contribution in [0.2, 0.25) is 0 Å². The number of benzene rings is 1. The Bertz CT molecular complexity index is 452. The van der Waals surface area contributed by atoms with Crippen molar-refractivity contribution in [2.24, 2.45) is 0 Å². The predicted octanol–water partition coefficient (Wildman–Crippen LogP) is 4.28. The molecule has 4 heteroatoms. The highest BCUT2D eigenvalue weighted by Crippen LogP contribution is 2.34. The Morgan fingerprint density at radius 1 is 1.38 bits per heavy atom. The molecule has 0 aliphatic carbocycles. The Kier molecular flexibility index (Phi) is 2.80. The fourth-order valence-corrected chi connectivity index (χ4v) is 3.64. The number of ether oxygens (including phenoxy) is 1. The van der Waals surface area contributed by atoms with Crippen molar-refractivity contribution in [2.45, 2.75) is 0 Å². The van der Waals surface area contributed by atoms with Gasteiger partial charge in [-0.1, -0.05) is 0 Å². The first-order valence-electron chi connectivity index (χ1n) is 3.63. The molecule has 68 valence electrons. The van der Waals surface area contributed by atoms with Crippen molar-refractivity contribution in [1.82, 2.24) is 0 Å². The van der Waals surface area contributed by atoms with Crippen molar-refractivity contribution in [3.8, 4) is 5.75 Å². The van der Waals surface area contributed by atoms with E-state index in [1.165, 1.54) is 10.1 Å². The van der Waals surface area contributed by atoms with Crippen LogP contribution in [-0.2, 0) is 0 Å². The largest absolute Gasteiger partial charge is 0.496 e. The maximum absolute atomic E-state index is 5.24. The predicted molar refractivity (Wildman–Crippen MR) is 68.8 cm³/mol. The normalized spacial score (nSPS) is 10.7. The lowest BCUT2D eigenvalue weighted by Gasteiger charge is -2.01. The van der Waals surface area contributed by atoms with Crippen LogP contribution in [0.15, 0.2) is 22.0 Å². The summed E-state index contributed by atoms with van der Waals surface area (Å²) in [4.78, 5) is 0. The van der Waals surface area contributed by atoms with Crippen LogP contribution in [-0.4, -0.2) is 7.11 Å². The van der Waals surface area contributed by atoms with E-state index in [2.05, 4.69) is 56.7 Å². The second kappa shape index (κ2) is 3.74. The average molecular weight is 369 g/mol. The Balaban J connectivity index is 2.72. The summed E-state index contributed by atoms with van der Waals surface area (Å²) in [5.41, 5.74) is 0. The molecule has 0 fully saturated rings. The summed E-state index contributed by atoms with van der Waals surface area (Å²) in [7, 11) is 1.70. The van der Waals surface area contributed by atoms with Crippen molar-refractivity contribution in [2.75, 3.05) is 7.11 Å². The van der Waals surface area contributed by atoms with E-state index in [0.717, 1.165) is 13.1 Å². The van der Waals surface area contributed by atoms with E-state index < -0.39 is 0 Å². The number of rotatable bonds is 1. The maximum Gasteiger partial charge on any atom is 0.132 e. The van der Waals surface area contributed by atoms with Crippen molar-refractivity contribution in [3.63, 3.8) is 0 Å². The Hall–Kier alpha value is 0.190. The van der Waals surface area contributed by atoms with E-state index in [4.69, 9.17) is 4.74 Å². The van der Waals surface area contributed by atoms with Crippen LogP contribution in [0.3, 0.4) is 0 Å². The Labute approximate surface area is 102 Å². The zero-order valence-electron chi connectivity index (χ0n) is 6.80. The molecule has 13 heavy (non-hydrogen) atoms. The molecule has 0 amide bonds. The van der Waals surface area contributed by atoms with Crippen molar-refractivity contribution < 1.29 is 4.74 Å². The third kappa shape index (κ3) is 1.85. The number of thiophene rings is 1.